The number of carboxylic acids is 1. The lowest BCUT2D eigenvalue weighted by Crippen LogP contribution is -2.15. The first-order valence-corrected chi connectivity index (χ1v) is 2.22. The van der Waals surface area contributed by atoms with Crippen LogP contribution in [0.2, 0.25) is 0 Å². The average molecular weight is 116 g/mol. The summed E-state index contributed by atoms with van der Waals surface area (Å²) in [4.78, 5) is 9.79. The lowest BCUT2D eigenvalue weighted by Gasteiger charge is -1.93. The molecule has 0 aromatic carbocycles. The Kier molecular flexibility index (Phi) is 2.88. The first kappa shape index (κ1) is 7.17. The molecule has 0 aromatic rings. The fourth-order valence-corrected chi connectivity index (χ4v) is 0.265. The number of hydrogen-bond acceptors (Lipinski definition) is 2. The second-order valence-corrected chi connectivity index (χ2v) is 1.31. The molecule has 0 rings (SSSR count). The molecule has 0 aromatic heterocycles. The molecule has 0 amide bonds. The Morgan fingerprint density at radius 1 is 1.75 bits per heavy atom. The molecule has 1 atom stereocenters. The summed E-state index contributed by atoms with van der Waals surface area (Å²) < 4.78 is 0. The van der Waals surface area contributed by atoms with Crippen LogP contribution in [0.5, 0.6) is 0 Å². The lowest BCUT2D eigenvalue weighted by atomic mass is 10.3. The molecule has 0 spiro atoms. The summed E-state index contributed by atoms with van der Waals surface area (Å²) in [6, 6.07) is 0. The second-order valence-electron chi connectivity index (χ2n) is 1.31. The molecule has 0 bridgehead atoms. The molecule has 0 aliphatic carbocycles. The first-order chi connectivity index (χ1) is 3.68. The Morgan fingerprint density at radius 2 is 2.25 bits per heavy atom. The van der Waals surface area contributed by atoms with Gasteiger partial charge in [0.2, 0.25) is 0 Å². The highest BCUT2D eigenvalue weighted by atomic mass is 16.4. The monoisotopic (exact) mass is 116 g/mol. The zero-order valence-electron chi connectivity index (χ0n) is 4.53. The van der Waals surface area contributed by atoms with Crippen LogP contribution in [0.4, 0.5) is 0 Å². The molecule has 0 heterocycles. The van der Waals surface area contributed by atoms with E-state index in [1.54, 1.807) is 6.92 Å². The Labute approximate surface area is 47.3 Å². The molecule has 0 aliphatic heterocycles. The number of aliphatic hydroxyl groups excluding tert-OH is 1. The minimum absolute atomic E-state index is 1.20. The number of carboxylic acid groups (broad SMARTS) is 1. The molecule has 0 aliphatic rings. The van der Waals surface area contributed by atoms with Gasteiger partial charge in [0.15, 0.2) is 6.10 Å². The minimum atomic E-state index is -1.35. The largest absolute Gasteiger partial charge is 0.479 e. The summed E-state index contributed by atoms with van der Waals surface area (Å²) in [6.07, 6.45) is 1.33. The maximum atomic E-state index is 9.79. The summed E-state index contributed by atoms with van der Waals surface area (Å²) in [5, 5.41) is 16.5. The van der Waals surface area contributed by atoms with Gasteiger partial charge in [-0.2, -0.15) is 0 Å². The summed E-state index contributed by atoms with van der Waals surface area (Å²) in [6.45, 7) is 1.64. The summed E-state index contributed by atoms with van der Waals surface area (Å²) in [5.41, 5.74) is 0. The molecule has 0 saturated heterocycles. The van der Waals surface area contributed by atoms with Gasteiger partial charge in [0, 0.05) is 0 Å². The highest BCUT2D eigenvalue weighted by Crippen LogP contribution is 1.83. The Hall–Kier alpha value is -0.830. The van der Waals surface area contributed by atoms with Crippen LogP contribution in [-0.2, 0) is 4.79 Å². The van der Waals surface area contributed by atoms with Crippen LogP contribution in [0.3, 0.4) is 0 Å². The van der Waals surface area contributed by atoms with E-state index < -0.39 is 12.1 Å². The van der Waals surface area contributed by atoms with E-state index in [2.05, 4.69) is 0 Å². The molecular weight excluding hydrogens is 108 g/mol. The van der Waals surface area contributed by atoms with Crippen molar-refractivity contribution >= 4 is 5.97 Å². The van der Waals surface area contributed by atoms with E-state index in [0.29, 0.717) is 0 Å². The maximum absolute atomic E-state index is 9.79. The normalized spacial score (nSPS) is 14.2. The van der Waals surface area contributed by atoms with Gasteiger partial charge >= 0.3 is 5.97 Å². The molecule has 2 N–H and O–H groups in total. The van der Waals surface area contributed by atoms with Crippen molar-refractivity contribution in [1.29, 1.82) is 0 Å². The Morgan fingerprint density at radius 3 is 2.38 bits per heavy atom. The number of carbonyl (C=O) groups is 1. The quantitative estimate of drug-likeness (QED) is 0.499. The topological polar surface area (TPSA) is 57.5 Å². The van der Waals surface area contributed by atoms with Crippen molar-refractivity contribution in [2.45, 2.75) is 13.0 Å². The number of aliphatic hydroxyl groups is 1. The van der Waals surface area contributed by atoms with Gasteiger partial charge in [-0.05, 0) is 13.0 Å². The molecule has 0 fully saturated rings. The summed E-state index contributed by atoms with van der Waals surface area (Å²) in [7, 11) is 0. The Bertz CT molecular complexity index is 106. The van der Waals surface area contributed by atoms with Crippen molar-refractivity contribution in [2.24, 2.45) is 0 Å². The van der Waals surface area contributed by atoms with E-state index in [4.69, 9.17) is 10.2 Å². The Balaban J connectivity index is 3.64. The van der Waals surface area contributed by atoms with Crippen LogP contribution in [0.25, 0.3) is 0 Å². The molecule has 0 radical (unpaired) electrons. The van der Waals surface area contributed by atoms with Crippen LogP contribution in [0.1, 0.15) is 6.92 Å². The van der Waals surface area contributed by atoms with E-state index in [9.17, 15) is 4.79 Å². The maximum Gasteiger partial charge on any atom is 0.336 e. The van der Waals surface area contributed by atoms with Crippen LogP contribution in [0.15, 0.2) is 12.2 Å². The molecule has 3 heteroatoms. The van der Waals surface area contributed by atoms with Gasteiger partial charge < -0.3 is 10.2 Å². The van der Waals surface area contributed by atoms with Gasteiger partial charge in [0.05, 0.1) is 0 Å². The lowest BCUT2D eigenvalue weighted by molar-refractivity contribution is -0.144. The van der Waals surface area contributed by atoms with Gasteiger partial charge in [0.25, 0.3) is 0 Å². The van der Waals surface area contributed by atoms with Gasteiger partial charge in [0.1, 0.15) is 0 Å². The number of aliphatic carboxylic acids is 1. The molecule has 46 valence electrons. The van der Waals surface area contributed by atoms with Gasteiger partial charge in [-0.25, -0.2) is 4.79 Å². The minimum Gasteiger partial charge on any atom is -0.479 e. The summed E-state index contributed by atoms with van der Waals surface area (Å²) in [5.74, 6) is -1.22. The molecule has 0 saturated carbocycles. The highest BCUT2D eigenvalue weighted by molar-refractivity contribution is 5.74. The predicted molar refractivity (Wildman–Crippen MR) is 28.5 cm³/mol. The zero-order chi connectivity index (χ0) is 6.57. The summed E-state index contributed by atoms with van der Waals surface area (Å²) >= 11 is 0. The predicted octanol–water partition coefficient (Wildman–Crippen LogP) is 0.00800. The molecule has 3 nitrogen and oxygen atoms in total. The van der Waals surface area contributed by atoms with E-state index in [-0.39, 0.29) is 0 Å². The number of hydrogen-bond donors (Lipinski definition) is 2. The molecule has 8 heavy (non-hydrogen) atoms. The van der Waals surface area contributed by atoms with Gasteiger partial charge in [-0.15, -0.1) is 0 Å². The number of rotatable bonds is 2. The smallest absolute Gasteiger partial charge is 0.336 e. The van der Waals surface area contributed by atoms with E-state index >= 15 is 0 Å². The van der Waals surface area contributed by atoms with Gasteiger partial charge in [-0.3, -0.25) is 0 Å². The standard InChI is InChI=1S/C5H8O3/c1-2-3-4(6)5(7)8/h2-4,6H,1H3,(H,7,8)/b3-2+. The first-order valence-electron chi connectivity index (χ1n) is 2.22. The zero-order valence-corrected chi connectivity index (χ0v) is 4.53. The van der Waals surface area contributed by atoms with Crippen LogP contribution < -0.4 is 0 Å². The third kappa shape index (κ3) is 2.36. The molecule has 1 unspecified atom stereocenters. The second kappa shape index (κ2) is 3.21. The van der Waals surface area contributed by atoms with E-state index in [1.807, 2.05) is 0 Å². The van der Waals surface area contributed by atoms with Crippen molar-refractivity contribution in [3.05, 3.63) is 12.2 Å². The fourth-order valence-electron chi connectivity index (χ4n) is 0.265. The van der Waals surface area contributed by atoms with Gasteiger partial charge in [-0.1, -0.05) is 6.08 Å². The molecular formula is C5H8O3. The van der Waals surface area contributed by atoms with Crippen LogP contribution in [0, 0.1) is 0 Å². The van der Waals surface area contributed by atoms with Crippen molar-refractivity contribution in [1.82, 2.24) is 0 Å². The van der Waals surface area contributed by atoms with Crippen molar-refractivity contribution in [3.63, 3.8) is 0 Å². The van der Waals surface area contributed by atoms with Crippen molar-refractivity contribution < 1.29 is 15.0 Å². The van der Waals surface area contributed by atoms with Crippen molar-refractivity contribution in [2.75, 3.05) is 0 Å². The third-order valence-corrected chi connectivity index (χ3v) is 0.628. The van der Waals surface area contributed by atoms with Crippen LogP contribution in [-0.4, -0.2) is 22.3 Å². The average Bonchev–Trinajstić information content (AvgIpc) is 1.67. The number of allylic oxidation sites excluding steroid dienone is 1. The van der Waals surface area contributed by atoms with E-state index in [1.165, 1.54) is 12.2 Å². The third-order valence-electron chi connectivity index (χ3n) is 0.628. The van der Waals surface area contributed by atoms with Crippen molar-refractivity contribution in [3.8, 4) is 0 Å². The van der Waals surface area contributed by atoms with Crippen LogP contribution >= 0.6 is 0 Å². The van der Waals surface area contributed by atoms with E-state index in [0.717, 1.165) is 0 Å². The SMILES string of the molecule is C/C=C/C(O)C(=O)O. The fraction of sp³-hybridized carbons (Fsp3) is 0.400. The highest BCUT2D eigenvalue weighted by Gasteiger charge is 2.05.